The van der Waals surface area contributed by atoms with Crippen molar-refractivity contribution < 1.29 is 14.0 Å². The number of nitrogens with zero attached hydrogens (tertiary/aromatic N) is 1. The second-order valence-corrected chi connectivity index (χ2v) is 6.77. The minimum absolute atomic E-state index is 0.0346. The van der Waals surface area contributed by atoms with Crippen LogP contribution in [-0.4, -0.2) is 41.9 Å². The summed E-state index contributed by atoms with van der Waals surface area (Å²) in [6.45, 7) is 2.92. The van der Waals surface area contributed by atoms with E-state index < -0.39 is 6.04 Å². The number of carbonyl (C=O) groups is 2. The van der Waals surface area contributed by atoms with Gasteiger partial charge < -0.3 is 10.6 Å². The van der Waals surface area contributed by atoms with Gasteiger partial charge >= 0.3 is 0 Å². The molecular formula is C18H24FN3O2. The van der Waals surface area contributed by atoms with Crippen molar-refractivity contribution in [2.24, 2.45) is 0 Å². The fraction of sp³-hybridized carbons (Fsp3) is 0.556. The van der Waals surface area contributed by atoms with Crippen LogP contribution in [0.3, 0.4) is 0 Å². The molecule has 0 radical (unpaired) electrons. The van der Waals surface area contributed by atoms with Crippen molar-refractivity contribution in [2.45, 2.75) is 50.7 Å². The summed E-state index contributed by atoms with van der Waals surface area (Å²) in [5.74, 6) is -0.398. The topological polar surface area (TPSA) is 61.4 Å². The molecule has 1 aliphatic carbocycles. The van der Waals surface area contributed by atoms with E-state index in [0.717, 1.165) is 37.8 Å². The number of amides is 2. The molecule has 5 nitrogen and oxygen atoms in total. The molecule has 6 heteroatoms. The number of rotatable bonds is 5. The smallest absolute Gasteiger partial charge is 0.242 e. The van der Waals surface area contributed by atoms with Gasteiger partial charge in [0.2, 0.25) is 11.8 Å². The first-order chi connectivity index (χ1) is 11.5. The highest BCUT2D eigenvalue weighted by Crippen LogP contribution is 2.27. The highest BCUT2D eigenvalue weighted by Gasteiger charge is 2.34. The maximum Gasteiger partial charge on any atom is 0.242 e. The van der Waals surface area contributed by atoms with Crippen molar-refractivity contribution in [2.75, 3.05) is 13.1 Å². The minimum Gasteiger partial charge on any atom is -0.352 e. The summed E-state index contributed by atoms with van der Waals surface area (Å²) in [5.41, 5.74) is 0.790. The van der Waals surface area contributed by atoms with Gasteiger partial charge in [0.15, 0.2) is 0 Å². The Balaban J connectivity index is 1.78. The second kappa shape index (κ2) is 7.30. The van der Waals surface area contributed by atoms with E-state index >= 15 is 0 Å². The van der Waals surface area contributed by atoms with Crippen LogP contribution in [-0.2, 0) is 9.59 Å². The lowest BCUT2D eigenvalue weighted by atomic mass is 9.98. The van der Waals surface area contributed by atoms with E-state index in [1.165, 1.54) is 19.1 Å². The maximum atomic E-state index is 13.3. The van der Waals surface area contributed by atoms with E-state index in [-0.39, 0.29) is 29.7 Å². The van der Waals surface area contributed by atoms with E-state index in [4.69, 9.17) is 0 Å². The van der Waals surface area contributed by atoms with Gasteiger partial charge in [-0.1, -0.05) is 12.1 Å². The normalized spacial score (nSPS) is 22.7. The summed E-state index contributed by atoms with van der Waals surface area (Å²) in [5, 5.41) is 6.01. The highest BCUT2D eigenvalue weighted by molar-refractivity contribution is 5.83. The van der Waals surface area contributed by atoms with E-state index in [1.807, 2.05) is 0 Å². The molecule has 0 unspecified atom stereocenters. The van der Waals surface area contributed by atoms with Gasteiger partial charge in [0, 0.05) is 25.6 Å². The quantitative estimate of drug-likeness (QED) is 0.863. The fourth-order valence-electron chi connectivity index (χ4n) is 3.33. The van der Waals surface area contributed by atoms with Crippen LogP contribution in [0.1, 0.15) is 44.2 Å². The molecule has 2 N–H and O–H groups in total. The Kier molecular flexibility index (Phi) is 5.14. The van der Waals surface area contributed by atoms with Crippen LogP contribution >= 0.6 is 0 Å². The van der Waals surface area contributed by atoms with Crippen LogP contribution in [0.5, 0.6) is 0 Å². The van der Waals surface area contributed by atoms with E-state index in [1.54, 1.807) is 12.1 Å². The van der Waals surface area contributed by atoms with Crippen LogP contribution in [0.15, 0.2) is 24.3 Å². The third-order valence-corrected chi connectivity index (χ3v) is 4.58. The molecule has 2 amide bonds. The molecule has 2 aliphatic rings. The number of likely N-dealkylation sites (tertiary alicyclic amines) is 1. The minimum atomic E-state index is -0.442. The van der Waals surface area contributed by atoms with Crippen LogP contribution in [0.2, 0.25) is 0 Å². The van der Waals surface area contributed by atoms with E-state index in [2.05, 4.69) is 15.5 Å². The van der Waals surface area contributed by atoms with Gasteiger partial charge in [-0.25, -0.2) is 4.39 Å². The Morgan fingerprint density at radius 1 is 1.12 bits per heavy atom. The number of carbonyl (C=O) groups excluding carboxylic acids is 2. The predicted octanol–water partition coefficient (Wildman–Crippen LogP) is 1.75. The molecule has 2 atom stereocenters. The molecule has 1 heterocycles. The van der Waals surface area contributed by atoms with Crippen molar-refractivity contribution in [3.05, 3.63) is 35.6 Å². The lowest BCUT2D eigenvalue weighted by molar-refractivity contribution is -0.127. The molecule has 1 aromatic carbocycles. The van der Waals surface area contributed by atoms with Gasteiger partial charge in [-0.3, -0.25) is 14.5 Å². The molecule has 0 spiro atoms. The van der Waals surface area contributed by atoms with Gasteiger partial charge in [-0.05, 0) is 49.9 Å². The molecule has 1 saturated heterocycles. The summed E-state index contributed by atoms with van der Waals surface area (Å²) in [7, 11) is 0. The molecule has 130 valence electrons. The molecule has 24 heavy (non-hydrogen) atoms. The third kappa shape index (κ3) is 4.32. The molecule has 1 aromatic rings. The SMILES string of the molecule is CC(=O)N[C@@H]1CCCN([C@@H](C(=O)NC2CC2)c2ccc(F)cc2)C1. The van der Waals surface area contributed by atoms with Gasteiger partial charge in [0.1, 0.15) is 11.9 Å². The Morgan fingerprint density at radius 3 is 2.46 bits per heavy atom. The maximum absolute atomic E-state index is 13.3. The first-order valence-electron chi connectivity index (χ1n) is 8.60. The molecule has 2 fully saturated rings. The molecule has 0 aromatic heterocycles. The van der Waals surface area contributed by atoms with Gasteiger partial charge in [-0.15, -0.1) is 0 Å². The average molecular weight is 333 g/mol. The predicted molar refractivity (Wildman–Crippen MR) is 88.7 cm³/mol. The number of hydrogen-bond donors (Lipinski definition) is 2. The molecule has 0 bridgehead atoms. The zero-order chi connectivity index (χ0) is 17.1. The Hall–Kier alpha value is -1.95. The van der Waals surface area contributed by atoms with Crippen LogP contribution < -0.4 is 10.6 Å². The Bertz CT molecular complexity index is 601. The Morgan fingerprint density at radius 2 is 1.83 bits per heavy atom. The summed E-state index contributed by atoms with van der Waals surface area (Å²) in [6, 6.07) is 6.01. The number of nitrogens with one attached hydrogen (secondary N) is 2. The number of piperidine rings is 1. The fourth-order valence-corrected chi connectivity index (χ4v) is 3.33. The number of benzene rings is 1. The summed E-state index contributed by atoms with van der Waals surface area (Å²) in [4.78, 5) is 26.2. The lowest BCUT2D eigenvalue weighted by Gasteiger charge is -2.38. The van der Waals surface area contributed by atoms with Crippen molar-refractivity contribution in [3.8, 4) is 0 Å². The van der Waals surface area contributed by atoms with Crippen molar-refractivity contribution >= 4 is 11.8 Å². The van der Waals surface area contributed by atoms with Crippen LogP contribution in [0, 0.1) is 5.82 Å². The summed E-state index contributed by atoms with van der Waals surface area (Å²) >= 11 is 0. The first-order valence-corrected chi connectivity index (χ1v) is 8.60. The standard InChI is InChI=1S/C18H24FN3O2/c1-12(23)20-16-3-2-10-22(11-16)17(18(24)21-15-8-9-15)13-4-6-14(19)7-5-13/h4-7,15-17H,2-3,8-11H2,1H3,(H,20,23)(H,21,24)/t16-,17-/m1/s1. The van der Waals surface area contributed by atoms with E-state index in [9.17, 15) is 14.0 Å². The zero-order valence-electron chi connectivity index (χ0n) is 13.9. The van der Waals surface area contributed by atoms with Gasteiger partial charge in [0.05, 0.1) is 0 Å². The zero-order valence-corrected chi connectivity index (χ0v) is 13.9. The van der Waals surface area contributed by atoms with Crippen LogP contribution in [0.4, 0.5) is 4.39 Å². The van der Waals surface area contributed by atoms with E-state index in [0.29, 0.717) is 6.54 Å². The van der Waals surface area contributed by atoms with Crippen molar-refractivity contribution in [3.63, 3.8) is 0 Å². The van der Waals surface area contributed by atoms with Gasteiger partial charge in [-0.2, -0.15) is 0 Å². The van der Waals surface area contributed by atoms with Gasteiger partial charge in [0.25, 0.3) is 0 Å². The molecule has 3 rings (SSSR count). The second-order valence-electron chi connectivity index (χ2n) is 6.77. The monoisotopic (exact) mass is 333 g/mol. The summed E-state index contributed by atoms with van der Waals surface area (Å²) < 4.78 is 13.3. The molecule has 1 saturated carbocycles. The lowest BCUT2D eigenvalue weighted by Crippen LogP contribution is -2.51. The first kappa shape index (κ1) is 16.9. The largest absolute Gasteiger partial charge is 0.352 e. The third-order valence-electron chi connectivity index (χ3n) is 4.58. The van der Waals surface area contributed by atoms with Crippen molar-refractivity contribution in [1.29, 1.82) is 0 Å². The molecule has 1 aliphatic heterocycles. The highest BCUT2D eigenvalue weighted by atomic mass is 19.1. The Labute approximate surface area is 141 Å². The molecular weight excluding hydrogens is 309 g/mol. The van der Waals surface area contributed by atoms with Crippen molar-refractivity contribution in [1.82, 2.24) is 15.5 Å². The summed E-state index contributed by atoms with van der Waals surface area (Å²) in [6.07, 6.45) is 3.88. The number of halogens is 1. The number of hydrogen-bond acceptors (Lipinski definition) is 3. The average Bonchev–Trinajstić information content (AvgIpc) is 3.33. The van der Waals surface area contributed by atoms with Crippen LogP contribution in [0.25, 0.3) is 0 Å².